The molecule has 0 bridgehead atoms. The zero-order chi connectivity index (χ0) is 15.2. The number of anilines is 2. The van der Waals surface area contributed by atoms with Crippen LogP contribution in [0.25, 0.3) is 0 Å². The Morgan fingerprint density at radius 3 is 2.71 bits per heavy atom. The molecule has 112 valence electrons. The van der Waals surface area contributed by atoms with E-state index in [0.29, 0.717) is 23.4 Å². The van der Waals surface area contributed by atoms with Crippen LogP contribution in [-0.2, 0) is 0 Å². The van der Waals surface area contributed by atoms with Gasteiger partial charge in [-0.05, 0) is 53.2 Å². The minimum atomic E-state index is -0.216. The van der Waals surface area contributed by atoms with Gasteiger partial charge in [0.05, 0.1) is 13.4 Å². The van der Waals surface area contributed by atoms with E-state index in [2.05, 4.69) is 25.9 Å². The van der Waals surface area contributed by atoms with Gasteiger partial charge in [-0.25, -0.2) is 4.98 Å². The number of H-pyrrole nitrogens is 1. The molecule has 3 N–H and O–H groups in total. The van der Waals surface area contributed by atoms with Crippen LogP contribution < -0.4 is 20.9 Å². The van der Waals surface area contributed by atoms with Gasteiger partial charge in [0.2, 0.25) is 0 Å². The Morgan fingerprint density at radius 2 is 2.10 bits per heavy atom. The lowest BCUT2D eigenvalue weighted by Crippen LogP contribution is -2.24. The first-order chi connectivity index (χ1) is 10.2. The first-order valence-electron chi connectivity index (χ1n) is 6.52. The first-order valence-corrected chi connectivity index (χ1v) is 7.31. The van der Waals surface area contributed by atoms with Crippen molar-refractivity contribution >= 4 is 27.4 Å². The molecule has 1 aromatic heterocycles. The van der Waals surface area contributed by atoms with Crippen molar-refractivity contribution in [3.63, 3.8) is 0 Å². The number of nitrogens with one attached hydrogen (secondary N) is 1. The van der Waals surface area contributed by atoms with Crippen LogP contribution in [0.5, 0.6) is 5.75 Å². The van der Waals surface area contributed by atoms with E-state index in [1.54, 1.807) is 7.11 Å². The van der Waals surface area contributed by atoms with Gasteiger partial charge in [-0.2, -0.15) is 0 Å². The van der Waals surface area contributed by atoms with Crippen molar-refractivity contribution in [3.8, 4) is 5.75 Å². The molecule has 0 unspecified atom stereocenters. The van der Waals surface area contributed by atoms with Crippen molar-refractivity contribution in [2.75, 3.05) is 25.1 Å². The summed E-state index contributed by atoms with van der Waals surface area (Å²) in [6, 6.07) is 7.58. The second-order valence-electron chi connectivity index (χ2n) is 4.36. The fourth-order valence-electron chi connectivity index (χ4n) is 1.93. The van der Waals surface area contributed by atoms with Crippen LogP contribution >= 0.6 is 15.9 Å². The Hall–Kier alpha value is -1.86. The number of hydrogen-bond donors (Lipinski definition) is 2. The Bertz CT molecular complexity index is 642. The Balaban J connectivity index is 2.41. The fourth-order valence-corrected chi connectivity index (χ4v) is 2.36. The van der Waals surface area contributed by atoms with Crippen molar-refractivity contribution in [1.82, 2.24) is 9.97 Å². The molecule has 0 aliphatic heterocycles. The third-order valence-electron chi connectivity index (χ3n) is 3.00. The van der Waals surface area contributed by atoms with Gasteiger partial charge in [-0.1, -0.05) is 0 Å². The molecule has 0 saturated carbocycles. The van der Waals surface area contributed by atoms with Crippen LogP contribution in [0.2, 0.25) is 0 Å². The van der Waals surface area contributed by atoms with Gasteiger partial charge >= 0.3 is 0 Å². The normalized spacial score (nSPS) is 10.4. The quantitative estimate of drug-likeness (QED) is 0.830. The maximum atomic E-state index is 11.7. The maximum Gasteiger partial charge on any atom is 0.267 e. The van der Waals surface area contributed by atoms with E-state index in [1.165, 1.54) is 6.33 Å². The van der Waals surface area contributed by atoms with Crippen LogP contribution in [0.1, 0.15) is 6.42 Å². The van der Waals surface area contributed by atoms with E-state index in [1.807, 2.05) is 29.2 Å². The number of hydrogen-bond acceptors (Lipinski definition) is 5. The van der Waals surface area contributed by atoms with Crippen molar-refractivity contribution in [2.45, 2.75) is 6.42 Å². The fraction of sp³-hybridized carbons (Fsp3) is 0.286. The van der Waals surface area contributed by atoms with Crippen LogP contribution in [0.4, 0.5) is 11.5 Å². The SMILES string of the molecule is COc1ccc(N(CCCN)c2nc[nH]c(=O)c2Br)cc1. The van der Waals surface area contributed by atoms with Crippen LogP contribution in [-0.4, -0.2) is 30.2 Å². The largest absolute Gasteiger partial charge is 0.497 e. The van der Waals surface area contributed by atoms with E-state index in [0.717, 1.165) is 17.9 Å². The van der Waals surface area contributed by atoms with Crippen molar-refractivity contribution in [3.05, 3.63) is 45.4 Å². The molecule has 2 aromatic rings. The van der Waals surface area contributed by atoms with Crippen molar-refractivity contribution in [1.29, 1.82) is 0 Å². The lowest BCUT2D eigenvalue weighted by Gasteiger charge is -2.24. The van der Waals surface area contributed by atoms with Gasteiger partial charge in [-0.3, -0.25) is 4.79 Å². The topological polar surface area (TPSA) is 84.2 Å². The Labute approximate surface area is 131 Å². The summed E-state index contributed by atoms with van der Waals surface area (Å²) in [6.07, 6.45) is 2.17. The van der Waals surface area contributed by atoms with E-state index in [4.69, 9.17) is 10.5 Å². The standard InChI is InChI=1S/C14H17BrN4O2/c1-21-11-5-3-10(4-6-11)19(8-2-7-16)13-12(15)14(20)18-9-17-13/h3-6,9H,2,7-8,16H2,1H3,(H,17,18,20). The van der Waals surface area contributed by atoms with Gasteiger partial charge in [0.15, 0.2) is 5.82 Å². The summed E-state index contributed by atoms with van der Waals surface area (Å²) >= 11 is 3.29. The van der Waals surface area contributed by atoms with Gasteiger partial charge in [0.25, 0.3) is 5.56 Å². The summed E-state index contributed by atoms with van der Waals surface area (Å²) in [5.74, 6) is 1.34. The molecule has 1 heterocycles. The number of rotatable bonds is 6. The molecular formula is C14H17BrN4O2. The van der Waals surface area contributed by atoms with Gasteiger partial charge in [-0.15, -0.1) is 0 Å². The van der Waals surface area contributed by atoms with E-state index < -0.39 is 0 Å². The van der Waals surface area contributed by atoms with Crippen molar-refractivity contribution in [2.24, 2.45) is 5.73 Å². The number of methoxy groups -OCH3 is 1. The third kappa shape index (κ3) is 3.62. The smallest absolute Gasteiger partial charge is 0.267 e. The molecule has 2 rings (SSSR count). The number of nitrogens with two attached hydrogens (primary N) is 1. The predicted molar refractivity (Wildman–Crippen MR) is 86.2 cm³/mol. The summed E-state index contributed by atoms with van der Waals surface area (Å²) in [4.78, 5) is 20.5. The molecular weight excluding hydrogens is 336 g/mol. The van der Waals surface area contributed by atoms with Gasteiger partial charge in [0, 0.05) is 12.2 Å². The van der Waals surface area contributed by atoms with Crippen LogP contribution in [0.15, 0.2) is 39.9 Å². The molecule has 0 radical (unpaired) electrons. The van der Waals surface area contributed by atoms with Gasteiger partial charge in [0.1, 0.15) is 10.2 Å². The molecule has 6 nitrogen and oxygen atoms in total. The number of aromatic amines is 1. The average molecular weight is 353 g/mol. The van der Waals surface area contributed by atoms with E-state index in [-0.39, 0.29) is 5.56 Å². The second kappa shape index (κ2) is 7.24. The van der Waals surface area contributed by atoms with Crippen LogP contribution in [0.3, 0.4) is 0 Å². The molecule has 0 aliphatic carbocycles. The average Bonchev–Trinajstić information content (AvgIpc) is 2.52. The number of benzene rings is 1. The van der Waals surface area contributed by atoms with E-state index >= 15 is 0 Å². The predicted octanol–water partition coefficient (Wildman–Crippen LogP) is 2.03. The highest BCUT2D eigenvalue weighted by molar-refractivity contribution is 9.10. The second-order valence-corrected chi connectivity index (χ2v) is 5.15. The zero-order valence-electron chi connectivity index (χ0n) is 11.7. The van der Waals surface area contributed by atoms with E-state index in [9.17, 15) is 4.79 Å². The molecule has 0 atom stereocenters. The van der Waals surface area contributed by atoms with Gasteiger partial charge < -0.3 is 20.4 Å². The Kier molecular flexibility index (Phi) is 5.35. The summed E-state index contributed by atoms with van der Waals surface area (Å²) in [5, 5.41) is 0. The molecule has 0 saturated heterocycles. The van der Waals surface area contributed by atoms with Crippen molar-refractivity contribution < 1.29 is 4.74 Å². The summed E-state index contributed by atoms with van der Waals surface area (Å²) < 4.78 is 5.56. The minimum Gasteiger partial charge on any atom is -0.497 e. The summed E-state index contributed by atoms with van der Waals surface area (Å²) in [6.45, 7) is 1.23. The summed E-state index contributed by atoms with van der Waals surface area (Å²) in [7, 11) is 1.62. The molecule has 0 spiro atoms. The monoisotopic (exact) mass is 352 g/mol. The third-order valence-corrected chi connectivity index (χ3v) is 3.72. The maximum absolute atomic E-state index is 11.7. The highest BCUT2D eigenvalue weighted by Crippen LogP contribution is 2.29. The molecule has 0 aliphatic rings. The molecule has 21 heavy (non-hydrogen) atoms. The first kappa shape index (κ1) is 15.5. The zero-order valence-corrected chi connectivity index (χ0v) is 13.3. The molecule has 0 amide bonds. The number of ether oxygens (including phenoxy) is 1. The molecule has 7 heteroatoms. The lowest BCUT2D eigenvalue weighted by molar-refractivity contribution is 0.415. The highest BCUT2D eigenvalue weighted by atomic mass is 79.9. The Morgan fingerprint density at radius 1 is 1.38 bits per heavy atom. The molecule has 0 fully saturated rings. The van der Waals surface area contributed by atoms with Crippen LogP contribution in [0, 0.1) is 0 Å². The molecule has 1 aromatic carbocycles. The number of aromatic nitrogens is 2. The highest BCUT2D eigenvalue weighted by Gasteiger charge is 2.15. The number of halogens is 1. The lowest BCUT2D eigenvalue weighted by atomic mass is 10.2. The number of nitrogens with zero attached hydrogens (tertiary/aromatic N) is 2. The minimum absolute atomic E-state index is 0.216. The summed E-state index contributed by atoms with van der Waals surface area (Å²) in [5.41, 5.74) is 6.30.